The summed E-state index contributed by atoms with van der Waals surface area (Å²) in [6, 6.07) is 77.7. The largest absolute Gasteiger partial charge is 0.245 e. The van der Waals surface area contributed by atoms with Crippen molar-refractivity contribution in [3.8, 4) is 90.1 Å². The molecule has 0 spiro atoms. The summed E-state index contributed by atoms with van der Waals surface area (Å²) in [5, 5.41) is 2.13. The quantitative estimate of drug-likeness (QED) is 0.143. The van der Waals surface area contributed by atoms with Gasteiger partial charge in [0.15, 0.2) is 17.5 Å². The lowest BCUT2D eigenvalue weighted by Crippen LogP contribution is -2.00. The number of hydrogen-bond donors (Lipinski definition) is 0. The van der Waals surface area contributed by atoms with E-state index in [0.717, 1.165) is 94.4 Å². The molecule has 0 aliphatic heterocycles. The molecule has 0 unspecified atom stereocenters. The molecule has 0 saturated carbocycles. The van der Waals surface area contributed by atoms with Crippen molar-refractivity contribution in [2.24, 2.45) is 0 Å². The molecule has 0 bridgehead atoms. The smallest absolute Gasteiger partial charge is 0.164 e. The molecule has 290 valence electrons. The molecule has 0 aliphatic rings. The Kier molecular flexibility index (Phi) is 9.45. The predicted octanol–water partition coefficient (Wildman–Crippen LogP) is 14.3. The van der Waals surface area contributed by atoms with Crippen molar-refractivity contribution >= 4 is 21.8 Å². The predicted molar refractivity (Wildman–Crippen MR) is 254 cm³/mol. The minimum Gasteiger partial charge on any atom is -0.245 e. The first-order valence-electron chi connectivity index (χ1n) is 20.7. The lowest BCUT2D eigenvalue weighted by atomic mass is 9.96. The van der Waals surface area contributed by atoms with Crippen LogP contribution in [0.25, 0.3) is 112 Å². The molecule has 0 aliphatic carbocycles. The average Bonchev–Trinajstić information content (AvgIpc) is 3.37. The highest BCUT2D eigenvalue weighted by Crippen LogP contribution is 2.37. The fraction of sp³-hybridized carbons (Fsp3) is 0. The maximum absolute atomic E-state index is 5.35. The molecule has 0 N–H and O–H groups in total. The minimum atomic E-state index is 0.627. The Hall–Kier alpha value is -8.41. The summed E-state index contributed by atoms with van der Waals surface area (Å²) in [4.78, 5) is 25.5. The number of rotatable bonds is 8. The van der Waals surface area contributed by atoms with Crippen LogP contribution >= 0.6 is 0 Å². The van der Waals surface area contributed by atoms with Crippen LogP contribution in [0.4, 0.5) is 0 Å². The summed E-state index contributed by atoms with van der Waals surface area (Å²) in [6.45, 7) is 0. The summed E-state index contributed by atoms with van der Waals surface area (Å²) in [5.41, 5.74) is 15.2. The molecule has 0 atom stereocenters. The van der Waals surface area contributed by atoms with Crippen LogP contribution in [0, 0.1) is 0 Å². The van der Waals surface area contributed by atoms with E-state index in [1.54, 1.807) is 0 Å². The lowest BCUT2D eigenvalue weighted by Gasteiger charge is -2.13. The van der Waals surface area contributed by atoms with Gasteiger partial charge in [-0.25, -0.2) is 24.9 Å². The molecular formula is C57H37N5. The van der Waals surface area contributed by atoms with Crippen LogP contribution in [0.2, 0.25) is 0 Å². The first-order chi connectivity index (χ1) is 30.7. The van der Waals surface area contributed by atoms with Crippen LogP contribution in [-0.4, -0.2) is 24.9 Å². The average molecular weight is 792 g/mol. The maximum atomic E-state index is 5.35. The van der Waals surface area contributed by atoms with Crippen molar-refractivity contribution in [3.05, 3.63) is 224 Å². The van der Waals surface area contributed by atoms with Gasteiger partial charge in [0.2, 0.25) is 0 Å². The third kappa shape index (κ3) is 7.18. The van der Waals surface area contributed by atoms with E-state index < -0.39 is 0 Å². The first-order valence-corrected chi connectivity index (χ1v) is 20.7. The zero-order chi connectivity index (χ0) is 41.2. The monoisotopic (exact) mass is 791 g/mol. The molecule has 0 radical (unpaired) electrons. The first kappa shape index (κ1) is 36.7. The maximum Gasteiger partial charge on any atom is 0.164 e. The Morgan fingerprint density at radius 3 is 1.19 bits per heavy atom. The molecule has 62 heavy (non-hydrogen) atoms. The van der Waals surface area contributed by atoms with Gasteiger partial charge in [-0.1, -0.05) is 194 Å². The summed E-state index contributed by atoms with van der Waals surface area (Å²) < 4.78 is 0. The van der Waals surface area contributed by atoms with E-state index in [4.69, 9.17) is 24.9 Å². The standard InChI is InChI=1S/C57H37N5/c1-5-16-38(17-6-1)50-37-52(39-18-7-2-8-19-39)59-54-49(50)32-30-40-31-33-51(58-53(40)54)47-28-14-26-45(35-47)43-24-13-25-44(34-43)46-27-15-29-48(36-46)57-61-55(41-20-9-3-10-21-41)60-56(62-57)42-22-11-4-12-23-42/h1-37H. The van der Waals surface area contributed by atoms with Crippen molar-refractivity contribution in [1.82, 2.24) is 24.9 Å². The van der Waals surface area contributed by atoms with E-state index in [1.165, 1.54) is 0 Å². The van der Waals surface area contributed by atoms with E-state index in [1.807, 2.05) is 66.7 Å². The number of nitrogens with zero attached hydrogens (tertiary/aromatic N) is 5. The zero-order valence-corrected chi connectivity index (χ0v) is 33.6. The van der Waals surface area contributed by atoms with Crippen molar-refractivity contribution in [2.45, 2.75) is 0 Å². The number of aromatic nitrogens is 5. The van der Waals surface area contributed by atoms with Crippen molar-refractivity contribution in [3.63, 3.8) is 0 Å². The van der Waals surface area contributed by atoms with E-state index in [-0.39, 0.29) is 0 Å². The van der Waals surface area contributed by atoms with Crippen LogP contribution in [0.15, 0.2) is 224 Å². The van der Waals surface area contributed by atoms with Gasteiger partial charge in [-0.05, 0) is 63.7 Å². The topological polar surface area (TPSA) is 64.5 Å². The summed E-state index contributed by atoms with van der Waals surface area (Å²) in [7, 11) is 0. The molecule has 3 heterocycles. The highest BCUT2D eigenvalue weighted by molar-refractivity contribution is 6.09. The summed E-state index contributed by atoms with van der Waals surface area (Å²) in [5.74, 6) is 1.91. The number of benzene rings is 8. The Morgan fingerprint density at radius 2 is 0.629 bits per heavy atom. The molecule has 11 rings (SSSR count). The highest BCUT2D eigenvalue weighted by atomic mass is 15.0. The Bertz CT molecular complexity index is 3330. The van der Waals surface area contributed by atoms with Crippen LogP contribution in [0.3, 0.4) is 0 Å². The van der Waals surface area contributed by atoms with Crippen molar-refractivity contribution < 1.29 is 0 Å². The Balaban J connectivity index is 0.961. The van der Waals surface area contributed by atoms with Crippen LogP contribution in [-0.2, 0) is 0 Å². The third-order valence-corrected chi connectivity index (χ3v) is 11.3. The molecule has 11 aromatic rings. The molecule has 8 aromatic carbocycles. The van der Waals surface area contributed by atoms with E-state index >= 15 is 0 Å². The van der Waals surface area contributed by atoms with E-state index in [9.17, 15) is 0 Å². The molecular weight excluding hydrogens is 755 g/mol. The van der Waals surface area contributed by atoms with E-state index in [2.05, 4.69) is 158 Å². The molecule has 0 saturated heterocycles. The Morgan fingerprint density at radius 1 is 0.226 bits per heavy atom. The second-order valence-electron chi connectivity index (χ2n) is 15.3. The lowest BCUT2D eigenvalue weighted by molar-refractivity contribution is 1.07. The normalized spacial score (nSPS) is 11.2. The van der Waals surface area contributed by atoms with Gasteiger partial charge >= 0.3 is 0 Å². The SMILES string of the molecule is c1ccc(-c2cc(-c3ccccc3)c3ccc4ccc(-c5cccc(-c6cccc(-c7cccc(-c8nc(-c9ccccc9)nc(-c9ccccc9)n8)c7)c6)c5)nc4c3n2)cc1. The van der Waals surface area contributed by atoms with Gasteiger partial charge in [0.05, 0.1) is 22.4 Å². The minimum absolute atomic E-state index is 0.627. The summed E-state index contributed by atoms with van der Waals surface area (Å²) >= 11 is 0. The zero-order valence-electron chi connectivity index (χ0n) is 33.6. The van der Waals surface area contributed by atoms with Crippen LogP contribution in [0.5, 0.6) is 0 Å². The van der Waals surface area contributed by atoms with Gasteiger partial charge in [-0.2, -0.15) is 0 Å². The highest BCUT2D eigenvalue weighted by Gasteiger charge is 2.16. The number of pyridine rings is 2. The van der Waals surface area contributed by atoms with Crippen molar-refractivity contribution in [1.29, 1.82) is 0 Å². The van der Waals surface area contributed by atoms with Gasteiger partial charge in [-0.3, -0.25) is 0 Å². The van der Waals surface area contributed by atoms with Gasteiger partial charge < -0.3 is 0 Å². The molecule has 5 heteroatoms. The van der Waals surface area contributed by atoms with E-state index in [0.29, 0.717) is 17.5 Å². The van der Waals surface area contributed by atoms with Crippen LogP contribution in [0.1, 0.15) is 0 Å². The molecule has 0 fully saturated rings. The van der Waals surface area contributed by atoms with Crippen molar-refractivity contribution in [2.75, 3.05) is 0 Å². The van der Waals surface area contributed by atoms with Gasteiger partial charge in [0, 0.05) is 38.6 Å². The van der Waals surface area contributed by atoms with Gasteiger partial charge in [-0.15, -0.1) is 0 Å². The molecule has 0 amide bonds. The molecule has 3 aromatic heterocycles. The number of hydrogen-bond acceptors (Lipinski definition) is 5. The van der Waals surface area contributed by atoms with Crippen LogP contribution < -0.4 is 0 Å². The Labute approximate surface area is 359 Å². The molecule has 5 nitrogen and oxygen atoms in total. The fourth-order valence-corrected chi connectivity index (χ4v) is 8.16. The number of fused-ring (bicyclic) bond motifs is 3. The fourth-order valence-electron chi connectivity index (χ4n) is 8.16. The second kappa shape index (κ2) is 16.0. The van der Waals surface area contributed by atoms with Gasteiger partial charge in [0.25, 0.3) is 0 Å². The second-order valence-corrected chi connectivity index (χ2v) is 15.3. The third-order valence-electron chi connectivity index (χ3n) is 11.3. The van der Waals surface area contributed by atoms with Gasteiger partial charge in [0.1, 0.15) is 0 Å². The summed E-state index contributed by atoms with van der Waals surface area (Å²) in [6.07, 6.45) is 0.